The van der Waals surface area contributed by atoms with E-state index in [0.29, 0.717) is 57.1 Å². The van der Waals surface area contributed by atoms with Crippen LogP contribution in [0.3, 0.4) is 0 Å². The number of halogens is 4. The van der Waals surface area contributed by atoms with Crippen molar-refractivity contribution in [3.8, 4) is 0 Å². The second kappa shape index (κ2) is 27.6. The van der Waals surface area contributed by atoms with Gasteiger partial charge in [0.2, 0.25) is 0 Å². The standard InChI is InChI=1S/C25H30FNO2.C21H22FNO2.C17H17BrFNO2/c1-25(2,3)29-24(28)22-16-11-19(10-9-18-7-5-4-6-8-18)17-23(22)27-21-14-12-20(26)13-15-21;22-17-9-11-18(12-10-17)23-20-14-16(8-13-19(20)21(24)25)7-6-15-4-2-1-3-5-15;1-17(2,3)22-16(21)14-9-4-11(18)10-15(14)20-13-7-5-12(19)6-8-13/h9-18,27H,4-8H2,1-3H3;6-15,23H,1-5H2,(H,24,25);4-10,20H,1-3H3/b10-9+;7-6+;. The van der Waals surface area contributed by atoms with Crippen molar-refractivity contribution in [2.75, 3.05) is 16.0 Å². The molecule has 0 aliphatic heterocycles. The van der Waals surface area contributed by atoms with Crippen LogP contribution < -0.4 is 16.0 Å². The summed E-state index contributed by atoms with van der Waals surface area (Å²) in [7, 11) is 0. The first-order chi connectivity index (χ1) is 36.2. The van der Waals surface area contributed by atoms with Crippen LogP contribution in [0.2, 0.25) is 0 Å². The molecule has 6 aromatic carbocycles. The minimum Gasteiger partial charge on any atom is -0.478 e. The molecule has 0 aromatic heterocycles. The number of carboxylic acid groups (broad SMARTS) is 1. The summed E-state index contributed by atoms with van der Waals surface area (Å²) >= 11 is 3.38. The fraction of sp³-hybridized carbons (Fsp3) is 0.317. The summed E-state index contributed by atoms with van der Waals surface area (Å²) in [5.74, 6) is -1.49. The largest absolute Gasteiger partial charge is 0.478 e. The third kappa shape index (κ3) is 19.5. The number of rotatable bonds is 13. The molecule has 0 amide bonds. The number of carbonyl (C=O) groups is 3. The zero-order chi connectivity index (χ0) is 54.8. The molecule has 0 bridgehead atoms. The molecule has 9 nitrogen and oxygen atoms in total. The molecule has 2 aliphatic carbocycles. The molecule has 2 saturated carbocycles. The Labute approximate surface area is 454 Å². The Morgan fingerprint density at radius 1 is 0.487 bits per heavy atom. The highest BCUT2D eigenvalue weighted by atomic mass is 79.9. The Morgan fingerprint density at radius 3 is 1.17 bits per heavy atom. The molecule has 0 heterocycles. The van der Waals surface area contributed by atoms with Gasteiger partial charge in [-0.25, -0.2) is 27.6 Å². The number of hydrogen-bond donors (Lipinski definition) is 4. The monoisotopic (exact) mass is 1100 g/mol. The summed E-state index contributed by atoms with van der Waals surface area (Å²) in [5, 5.41) is 18.8. The van der Waals surface area contributed by atoms with Gasteiger partial charge in [-0.1, -0.05) is 90.9 Å². The summed E-state index contributed by atoms with van der Waals surface area (Å²) in [6.07, 6.45) is 21.5. The lowest BCUT2D eigenvalue weighted by Crippen LogP contribution is -2.24. The molecule has 13 heteroatoms. The molecule has 2 aliphatic rings. The predicted molar refractivity (Wildman–Crippen MR) is 305 cm³/mol. The van der Waals surface area contributed by atoms with Crippen LogP contribution in [0.25, 0.3) is 12.2 Å². The number of esters is 2. The topological polar surface area (TPSA) is 126 Å². The van der Waals surface area contributed by atoms with Gasteiger partial charge in [0, 0.05) is 21.5 Å². The SMILES string of the molecule is CC(C)(C)OC(=O)c1ccc(/C=C/C2CCCCC2)cc1Nc1ccc(F)cc1.CC(C)(C)OC(=O)c1ccc(Br)cc1Nc1ccc(F)cc1.O=C(O)c1ccc(/C=C/C2CCCCC2)cc1Nc1ccc(F)cc1. The van der Waals surface area contributed by atoms with Crippen LogP contribution >= 0.6 is 15.9 Å². The molecule has 2 fully saturated rings. The second-order valence-electron chi connectivity index (χ2n) is 21.0. The third-order valence-corrected chi connectivity index (χ3v) is 12.8. The predicted octanol–water partition coefficient (Wildman–Crippen LogP) is 18.3. The summed E-state index contributed by atoms with van der Waals surface area (Å²) in [4.78, 5) is 36.5. The van der Waals surface area contributed by atoms with E-state index in [1.165, 1.54) is 101 Å². The van der Waals surface area contributed by atoms with Crippen molar-refractivity contribution < 1.29 is 42.1 Å². The van der Waals surface area contributed by atoms with Gasteiger partial charge in [-0.15, -0.1) is 0 Å². The molecule has 6 aromatic rings. The van der Waals surface area contributed by atoms with Crippen molar-refractivity contribution in [1.29, 1.82) is 0 Å². The summed E-state index contributed by atoms with van der Waals surface area (Å²) in [6.45, 7) is 11.0. The maximum atomic E-state index is 13.2. The van der Waals surface area contributed by atoms with E-state index in [9.17, 15) is 32.7 Å². The van der Waals surface area contributed by atoms with Crippen molar-refractivity contribution in [2.45, 2.75) is 117 Å². The first kappa shape index (κ1) is 58.1. The first-order valence-corrected chi connectivity index (χ1v) is 26.7. The minimum atomic E-state index is -0.993. The van der Waals surface area contributed by atoms with Gasteiger partial charge < -0.3 is 30.5 Å². The molecule has 8 rings (SSSR count). The number of anilines is 6. The normalized spacial score (nSPS) is 14.2. The Bertz CT molecular complexity index is 2940. The number of aromatic carboxylic acids is 1. The summed E-state index contributed by atoms with van der Waals surface area (Å²) in [6, 6.07) is 34.0. The van der Waals surface area contributed by atoms with Gasteiger partial charge in [0.05, 0.1) is 33.8 Å². The van der Waals surface area contributed by atoms with Crippen LogP contribution in [-0.4, -0.2) is 34.2 Å². The number of benzene rings is 6. The van der Waals surface area contributed by atoms with Crippen LogP contribution in [0, 0.1) is 29.3 Å². The van der Waals surface area contributed by atoms with Gasteiger partial charge in [-0.3, -0.25) is 0 Å². The van der Waals surface area contributed by atoms with Gasteiger partial charge in [0.15, 0.2) is 0 Å². The maximum Gasteiger partial charge on any atom is 0.340 e. The van der Waals surface area contributed by atoms with Gasteiger partial charge in [-0.2, -0.15) is 0 Å². The number of ether oxygens (including phenoxy) is 2. The van der Waals surface area contributed by atoms with E-state index in [1.54, 1.807) is 66.7 Å². The van der Waals surface area contributed by atoms with E-state index < -0.39 is 23.1 Å². The van der Waals surface area contributed by atoms with Crippen LogP contribution in [0.4, 0.5) is 47.3 Å². The molecule has 76 heavy (non-hydrogen) atoms. The molecular formula is C63H69BrF3N3O6. The zero-order valence-corrected chi connectivity index (χ0v) is 45.7. The molecule has 0 spiro atoms. The van der Waals surface area contributed by atoms with Gasteiger partial charge in [0.25, 0.3) is 0 Å². The molecule has 0 unspecified atom stereocenters. The van der Waals surface area contributed by atoms with Crippen molar-refractivity contribution in [3.63, 3.8) is 0 Å². The summed E-state index contributed by atoms with van der Waals surface area (Å²) < 4.78 is 51.1. The lowest BCUT2D eigenvalue weighted by molar-refractivity contribution is 0.00581. The minimum absolute atomic E-state index is 0.194. The quantitative estimate of drug-likeness (QED) is 0.0837. The molecule has 0 atom stereocenters. The molecular weight excluding hydrogens is 1030 g/mol. The first-order valence-electron chi connectivity index (χ1n) is 25.9. The van der Waals surface area contributed by atoms with E-state index in [1.807, 2.05) is 65.8 Å². The van der Waals surface area contributed by atoms with Gasteiger partial charge in [-0.05, 0) is 205 Å². The highest BCUT2D eigenvalue weighted by Gasteiger charge is 2.23. The average molecular weight is 1100 g/mol. The average Bonchev–Trinajstić information content (AvgIpc) is 3.38. The van der Waals surface area contributed by atoms with Gasteiger partial charge in [0.1, 0.15) is 28.7 Å². The number of nitrogens with one attached hydrogen (secondary N) is 3. The number of allylic oxidation sites excluding steroid dienone is 2. The van der Waals surface area contributed by atoms with Crippen LogP contribution in [-0.2, 0) is 9.47 Å². The van der Waals surface area contributed by atoms with E-state index in [-0.39, 0.29) is 29.0 Å². The van der Waals surface area contributed by atoms with Gasteiger partial charge >= 0.3 is 17.9 Å². The van der Waals surface area contributed by atoms with Crippen molar-refractivity contribution in [1.82, 2.24) is 0 Å². The zero-order valence-electron chi connectivity index (χ0n) is 44.2. The smallest absolute Gasteiger partial charge is 0.340 e. The Morgan fingerprint density at radius 2 is 0.816 bits per heavy atom. The highest BCUT2D eigenvalue weighted by Crippen LogP contribution is 2.31. The second-order valence-corrected chi connectivity index (χ2v) is 21.9. The Hall–Kier alpha value is -7.12. The molecule has 4 N–H and O–H groups in total. The Balaban J connectivity index is 0.000000187. The van der Waals surface area contributed by atoms with Crippen LogP contribution in [0.15, 0.2) is 144 Å². The number of carbonyl (C=O) groups excluding carboxylic acids is 2. The maximum absolute atomic E-state index is 13.2. The van der Waals surface area contributed by atoms with E-state index in [2.05, 4.69) is 56.2 Å². The number of carboxylic acids is 1. The lowest BCUT2D eigenvalue weighted by Gasteiger charge is -2.21. The van der Waals surface area contributed by atoms with Crippen molar-refractivity contribution in [2.24, 2.45) is 11.8 Å². The summed E-state index contributed by atoms with van der Waals surface area (Å²) in [5.41, 5.74) is 5.69. The van der Waals surface area contributed by atoms with Crippen LogP contribution in [0.5, 0.6) is 0 Å². The Kier molecular flexibility index (Phi) is 21.1. The molecule has 400 valence electrons. The molecule has 0 radical (unpaired) electrons. The van der Waals surface area contributed by atoms with Crippen molar-refractivity contribution >= 4 is 80.1 Å². The van der Waals surface area contributed by atoms with E-state index >= 15 is 0 Å². The highest BCUT2D eigenvalue weighted by molar-refractivity contribution is 9.10. The van der Waals surface area contributed by atoms with Crippen molar-refractivity contribution in [3.05, 3.63) is 189 Å². The lowest BCUT2D eigenvalue weighted by atomic mass is 9.88. The fourth-order valence-corrected chi connectivity index (χ4v) is 8.94. The van der Waals surface area contributed by atoms with E-state index in [0.717, 1.165) is 15.6 Å². The van der Waals surface area contributed by atoms with Crippen LogP contribution in [0.1, 0.15) is 148 Å². The molecule has 0 saturated heterocycles. The number of hydrogen-bond acceptors (Lipinski definition) is 8. The van der Waals surface area contributed by atoms with E-state index in [4.69, 9.17) is 9.47 Å². The fourth-order valence-electron chi connectivity index (χ4n) is 8.58. The third-order valence-electron chi connectivity index (χ3n) is 12.3.